The molecule has 24 heavy (non-hydrogen) atoms. The highest BCUT2D eigenvalue weighted by Crippen LogP contribution is 2.46. The number of allylic oxidation sites excluding steroid dienone is 8. The van der Waals surface area contributed by atoms with Crippen LogP contribution in [0.25, 0.3) is 11.1 Å². The van der Waals surface area contributed by atoms with E-state index in [9.17, 15) is 0 Å². The van der Waals surface area contributed by atoms with Crippen LogP contribution in [0, 0.1) is 11.8 Å². The van der Waals surface area contributed by atoms with E-state index >= 15 is 0 Å². The quantitative estimate of drug-likeness (QED) is 0.588. The number of rotatable bonds is 3. The fraction of sp³-hybridized carbons (Fsp3) is 0.391. The Kier molecular flexibility index (Phi) is 4.57. The Morgan fingerprint density at radius 2 is 1.38 bits per heavy atom. The molecule has 0 amide bonds. The first-order valence-electron chi connectivity index (χ1n) is 8.93. The summed E-state index contributed by atoms with van der Waals surface area (Å²) < 4.78 is 0. The summed E-state index contributed by atoms with van der Waals surface area (Å²) in [5.74, 6) is 0.968. The largest absolute Gasteiger partial charge is 0.0740 e. The second kappa shape index (κ2) is 6.37. The molecule has 0 aliphatic heterocycles. The van der Waals surface area contributed by atoms with Crippen LogP contribution < -0.4 is 0 Å². The van der Waals surface area contributed by atoms with Crippen LogP contribution in [0.5, 0.6) is 0 Å². The van der Waals surface area contributed by atoms with Crippen LogP contribution in [-0.2, 0) is 6.04 Å². The van der Waals surface area contributed by atoms with Crippen LogP contribution in [0.4, 0.5) is 0 Å². The summed E-state index contributed by atoms with van der Waals surface area (Å²) in [6, 6.07) is 7.69. The average Bonchev–Trinajstić information content (AvgIpc) is 2.94. The van der Waals surface area contributed by atoms with Crippen LogP contribution in [0.3, 0.4) is 0 Å². The van der Waals surface area contributed by atoms with Gasteiger partial charge in [0.05, 0.1) is 0 Å². The Hall–Kier alpha value is -1.60. The van der Waals surface area contributed by atoms with Gasteiger partial charge in [0.2, 0.25) is 0 Å². The molecule has 2 atom stereocenters. The van der Waals surface area contributed by atoms with Gasteiger partial charge in [-0.15, -0.1) is 0 Å². The van der Waals surface area contributed by atoms with Gasteiger partial charge in [0.25, 0.3) is 0 Å². The third-order valence-corrected chi connectivity index (χ3v) is 6.18. The van der Waals surface area contributed by atoms with Gasteiger partial charge in [-0.1, -0.05) is 55.3 Å². The summed E-state index contributed by atoms with van der Waals surface area (Å²) in [6.45, 7) is 13.7. The number of benzene rings is 1. The molecule has 0 spiro atoms. The molecule has 2 unspecified atom stereocenters. The van der Waals surface area contributed by atoms with Crippen molar-refractivity contribution < 1.29 is 0 Å². The van der Waals surface area contributed by atoms with Gasteiger partial charge in [0.1, 0.15) is 0 Å². The van der Waals surface area contributed by atoms with Gasteiger partial charge in [-0.2, -0.15) is 0 Å². The molecule has 0 aromatic heterocycles. The van der Waals surface area contributed by atoms with Crippen LogP contribution in [0.1, 0.15) is 58.2 Å². The predicted molar refractivity (Wildman–Crippen MR) is 107 cm³/mol. The second-order valence-electron chi connectivity index (χ2n) is 7.37. The highest BCUT2D eigenvalue weighted by molar-refractivity contribution is 6.09. The lowest BCUT2D eigenvalue weighted by atomic mass is 9.82. The van der Waals surface area contributed by atoms with Gasteiger partial charge in [-0.05, 0) is 72.7 Å². The van der Waals surface area contributed by atoms with E-state index in [2.05, 4.69) is 82.1 Å². The van der Waals surface area contributed by atoms with Crippen molar-refractivity contribution in [3.05, 3.63) is 69.3 Å². The second-order valence-corrected chi connectivity index (χ2v) is 7.72. The molecular weight excluding hydrogens is 304 g/mol. The maximum absolute atomic E-state index is 3.78. The normalized spacial score (nSPS) is 24.0. The lowest BCUT2D eigenvalue weighted by Gasteiger charge is -2.23. The van der Waals surface area contributed by atoms with Gasteiger partial charge >= 0.3 is 0 Å². The zero-order chi connectivity index (χ0) is 17.6. The molecule has 0 N–H and O–H groups in total. The van der Waals surface area contributed by atoms with E-state index in [0.717, 1.165) is 6.04 Å². The SMILES string of the molecule is CC1=CC(C)C(c2cccc(C[Si])c2C2=C(C)C(C)=CC2C)=C1C. The maximum Gasteiger partial charge on any atom is 0.0284 e. The molecule has 2 aliphatic rings. The van der Waals surface area contributed by atoms with E-state index in [1.165, 1.54) is 50.1 Å². The summed E-state index contributed by atoms with van der Waals surface area (Å²) >= 11 is 0. The van der Waals surface area contributed by atoms with Crippen molar-refractivity contribution in [3.8, 4) is 0 Å². The number of hydrogen-bond acceptors (Lipinski definition) is 0. The smallest absolute Gasteiger partial charge is 0.0284 e. The molecule has 3 radical (unpaired) electrons. The topological polar surface area (TPSA) is 0 Å². The average molecular weight is 332 g/mol. The van der Waals surface area contributed by atoms with E-state index in [1.807, 2.05) is 0 Å². The minimum Gasteiger partial charge on any atom is -0.0740 e. The molecule has 0 saturated carbocycles. The summed E-state index contributed by atoms with van der Waals surface area (Å²) in [5.41, 5.74) is 13.0. The molecule has 1 aromatic rings. The predicted octanol–water partition coefficient (Wildman–Crippen LogP) is 6.09. The molecule has 123 valence electrons. The lowest BCUT2D eigenvalue weighted by molar-refractivity contribution is 0.956. The van der Waals surface area contributed by atoms with E-state index < -0.39 is 0 Å². The third-order valence-electron chi connectivity index (χ3n) is 5.80. The van der Waals surface area contributed by atoms with Crippen molar-refractivity contribution >= 4 is 21.4 Å². The van der Waals surface area contributed by atoms with Crippen molar-refractivity contribution in [1.29, 1.82) is 0 Å². The van der Waals surface area contributed by atoms with Crippen LogP contribution in [0.15, 0.2) is 52.6 Å². The van der Waals surface area contributed by atoms with Crippen molar-refractivity contribution in [3.63, 3.8) is 0 Å². The summed E-state index contributed by atoms with van der Waals surface area (Å²) in [5, 5.41) is 0. The first-order chi connectivity index (χ1) is 11.4. The Labute approximate surface area is 150 Å². The molecule has 1 heteroatoms. The fourth-order valence-corrected chi connectivity index (χ4v) is 4.72. The zero-order valence-electron chi connectivity index (χ0n) is 15.7. The van der Waals surface area contributed by atoms with Crippen molar-refractivity contribution in [1.82, 2.24) is 0 Å². The molecule has 0 nitrogen and oxygen atoms in total. The van der Waals surface area contributed by atoms with Gasteiger partial charge in [-0.3, -0.25) is 0 Å². The molecular formula is C23H27Si. The van der Waals surface area contributed by atoms with E-state index in [1.54, 1.807) is 0 Å². The minimum atomic E-state index is 0.481. The Morgan fingerprint density at radius 3 is 1.83 bits per heavy atom. The standard InChI is InChI=1S/C23H27Si/c1-13-10-15(3)21(17(13)5)20-9-7-8-19(12-24)23(20)22-16(4)11-14(2)18(22)6/h7-11,15-16H,12H2,1-6H3. The summed E-state index contributed by atoms with van der Waals surface area (Å²) in [4.78, 5) is 0. The van der Waals surface area contributed by atoms with E-state index in [4.69, 9.17) is 0 Å². The van der Waals surface area contributed by atoms with Crippen LogP contribution in [-0.4, -0.2) is 10.2 Å². The Morgan fingerprint density at radius 1 is 0.833 bits per heavy atom. The van der Waals surface area contributed by atoms with Crippen molar-refractivity contribution in [2.75, 3.05) is 0 Å². The van der Waals surface area contributed by atoms with Crippen LogP contribution in [0.2, 0.25) is 0 Å². The van der Waals surface area contributed by atoms with E-state index in [-0.39, 0.29) is 0 Å². The van der Waals surface area contributed by atoms with Gasteiger partial charge in [0, 0.05) is 22.1 Å². The molecule has 0 heterocycles. The number of hydrogen-bond donors (Lipinski definition) is 0. The molecule has 0 bridgehead atoms. The fourth-order valence-electron chi connectivity index (χ4n) is 4.43. The summed E-state index contributed by atoms with van der Waals surface area (Å²) in [6.07, 6.45) is 4.80. The van der Waals surface area contributed by atoms with Crippen LogP contribution >= 0.6 is 0 Å². The molecule has 3 rings (SSSR count). The lowest BCUT2D eigenvalue weighted by Crippen LogP contribution is -2.06. The first kappa shape index (κ1) is 17.2. The first-order valence-corrected chi connectivity index (χ1v) is 9.63. The Balaban J connectivity index is 2.29. The van der Waals surface area contributed by atoms with Crippen molar-refractivity contribution in [2.24, 2.45) is 11.8 Å². The zero-order valence-corrected chi connectivity index (χ0v) is 16.7. The highest BCUT2D eigenvalue weighted by Gasteiger charge is 2.28. The van der Waals surface area contributed by atoms with Gasteiger partial charge in [-0.25, -0.2) is 0 Å². The molecule has 0 saturated heterocycles. The molecule has 2 aliphatic carbocycles. The molecule has 0 fully saturated rings. The highest BCUT2D eigenvalue weighted by atomic mass is 28.1. The molecule has 1 aromatic carbocycles. The van der Waals surface area contributed by atoms with E-state index in [0.29, 0.717) is 11.8 Å². The van der Waals surface area contributed by atoms with Gasteiger partial charge < -0.3 is 0 Å². The van der Waals surface area contributed by atoms with Gasteiger partial charge in [0.15, 0.2) is 0 Å². The minimum absolute atomic E-state index is 0.481. The third kappa shape index (κ3) is 2.59. The van der Waals surface area contributed by atoms with Crippen molar-refractivity contribution in [2.45, 2.75) is 47.6 Å². The maximum atomic E-state index is 3.78. The Bertz CT molecular complexity index is 814. The summed E-state index contributed by atoms with van der Waals surface area (Å²) in [7, 11) is 3.78. The monoisotopic (exact) mass is 331 g/mol.